The van der Waals surface area contributed by atoms with Gasteiger partial charge >= 0.3 is 0 Å². The van der Waals surface area contributed by atoms with Crippen LogP contribution in [-0.4, -0.2) is 93.6 Å². The van der Waals surface area contributed by atoms with Crippen LogP contribution in [0.4, 0.5) is 0 Å². The highest BCUT2D eigenvalue weighted by molar-refractivity contribution is 8.35. The van der Waals surface area contributed by atoms with Crippen molar-refractivity contribution in [3.05, 3.63) is 47.0 Å². The Bertz CT molecular complexity index is 1960. The van der Waals surface area contributed by atoms with Crippen LogP contribution in [-0.2, 0) is 34.7 Å². The lowest BCUT2D eigenvalue weighted by Crippen LogP contribution is -2.20. The topological polar surface area (TPSA) is 120 Å². The molecule has 2 saturated carbocycles. The van der Waals surface area contributed by atoms with Gasteiger partial charge in [0, 0.05) is 23.6 Å². The Labute approximate surface area is 320 Å². The van der Waals surface area contributed by atoms with Crippen molar-refractivity contribution in [2.75, 3.05) is 74.5 Å². The van der Waals surface area contributed by atoms with Crippen LogP contribution in [0.25, 0.3) is 22.1 Å². The van der Waals surface area contributed by atoms with Crippen molar-refractivity contribution in [2.45, 2.75) is 50.9 Å². The normalized spacial score (nSPS) is 15.5. The van der Waals surface area contributed by atoms with E-state index in [0.717, 1.165) is 39.4 Å². The standard InChI is InChI=1S/C38H50Cl2N6O4S2/c1-51(2,11-9-47-25-45-33-16-30(22-42)35(49-23-27-5-6-27)17-32(33)44-38(45)20-40)13-14-52(3,4)12-10-48-26-46-34-18-36(50-24-28-7-8-28)29(21-41)15-31(34)43-37(46)19-39/h15-18,27-28H,5-14,19-20,23-26H2,1-4H3. The highest BCUT2D eigenvalue weighted by Crippen LogP contribution is 2.47. The number of fused-ring (bicyclic) bond motifs is 2. The second kappa shape index (κ2) is 17.1. The molecule has 4 aromatic rings. The van der Waals surface area contributed by atoms with E-state index >= 15 is 0 Å². The summed E-state index contributed by atoms with van der Waals surface area (Å²) in [5, 5.41) is 19.5. The molecule has 282 valence electrons. The number of ether oxygens (including phenoxy) is 4. The van der Waals surface area contributed by atoms with Crippen LogP contribution < -0.4 is 9.47 Å². The van der Waals surface area contributed by atoms with E-state index in [2.05, 4.69) is 42.1 Å². The molecule has 0 atom stereocenters. The summed E-state index contributed by atoms with van der Waals surface area (Å²) < 4.78 is 28.4. The van der Waals surface area contributed by atoms with E-state index in [9.17, 15) is 10.5 Å². The van der Waals surface area contributed by atoms with Crippen LogP contribution in [0.2, 0.25) is 0 Å². The molecule has 2 aromatic carbocycles. The van der Waals surface area contributed by atoms with Gasteiger partial charge in [-0.2, -0.15) is 10.5 Å². The van der Waals surface area contributed by atoms with Gasteiger partial charge in [-0.3, -0.25) is 0 Å². The average Bonchev–Trinajstić information content (AvgIpc) is 4.07. The van der Waals surface area contributed by atoms with Gasteiger partial charge in [0.25, 0.3) is 0 Å². The predicted octanol–water partition coefficient (Wildman–Crippen LogP) is 7.96. The predicted molar refractivity (Wildman–Crippen MR) is 215 cm³/mol. The Kier molecular flexibility index (Phi) is 12.8. The molecule has 6 rings (SSSR count). The second-order valence-electron chi connectivity index (χ2n) is 15.0. The Hall–Kier alpha value is -2.84. The highest BCUT2D eigenvalue weighted by Gasteiger charge is 2.25. The summed E-state index contributed by atoms with van der Waals surface area (Å²) in [6.07, 6.45) is 14.3. The summed E-state index contributed by atoms with van der Waals surface area (Å²) in [6.45, 7) is 3.24. The number of benzene rings is 2. The van der Waals surface area contributed by atoms with Gasteiger partial charge in [-0.05, 0) is 86.2 Å². The average molecular weight is 790 g/mol. The van der Waals surface area contributed by atoms with E-state index in [0.29, 0.717) is 80.2 Å². The van der Waals surface area contributed by atoms with Crippen LogP contribution in [0, 0.1) is 34.5 Å². The Balaban J connectivity index is 0.967. The lowest BCUT2D eigenvalue weighted by molar-refractivity contribution is 0.0906. The summed E-state index contributed by atoms with van der Waals surface area (Å²) in [7, 11) is -1.74. The maximum atomic E-state index is 9.79. The first kappa shape index (κ1) is 38.9. The van der Waals surface area contributed by atoms with Crippen LogP contribution in [0.3, 0.4) is 0 Å². The van der Waals surface area contributed by atoms with Gasteiger partial charge in [-0.15, -0.1) is 23.2 Å². The fraction of sp³-hybridized carbons (Fsp3) is 0.579. The number of aromatic nitrogens is 4. The number of halogens is 2. The summed E-state index contributed by atoms with van der Waals surface area (Å²) in [6, 6.07) is 11.9. The zero-order chi connectivity index (χ0) is 36.9. The van der Waals surface area contributed by atoms with E-state index in [-0.39, 0.29) is 11.8 Å². The van der Waals surface area contributed by atoms with Crippen molar-refractivity contribution in [3.63, 3.8) is 0 Å². The second-order valence-corrected chi connectivity index (χ2v) is 24.2. The highest BCUT2D eigenvalue weighted by atomic mass is 35.5. The van der Waals surface area contributed by atoms with Crippen molar-refractivity contribution in [2.24, 2.45) is 11.8 Å². The number of hydrogen-bond acceptors (Lipinski definition) is 8. The van der Waals surface area contributed by atoms with Gasteiger partial charge in [0.15, 0.2) is 0 Å². The van der Waals surface area contributed by atoms with Gasteiger partial charge in [-0.1, -0.05) is 0 Å². The lowest BCUT2D eigenvalue weighted by Gasteiger charge is -2.38. The minimum atomic E-state index is -0.872. The summed E-state index contributed by atoms with van der Waals surface area (Å²) in [5.41, 5.74) is 4.19. The third-order valence-corrected chi connectivity index (χ3v) is 15.8. The molecule has 0 aliphatic heterocycles. The molecule has 14 heteroatoms. The SMILES string of the molecule is CS(C)(CCOCn1c(CCl)nc2cc(OCC3CC3)c(C#N)cc21)CCS(C)(C)CCOCn1c(CCl)nc2cc(C#N)c(OCC3CC3)cc21. The van der Waals surface area contributed by atoms with Crippen molar-refractivity contribution in [1.29, 1.82) is 10.5 Å². The molecule has 2 heterocycles. The number of hydrogen-bond donors (Lipinski definition) is 0. The number of imidazole rings is 2. The minimum absolute atomic E-state index is 0.252. The molecule has 2 aliphatic rings. The van der Waals surface area contributed by atoms with E-state index in [4.69, 9.17) is 47.1 Å². The molecular formula is C38H50Cl2N6O4S2. The molecule has 0 radical (unpaired) electrons. The van der Waals surface area contributed by atoms with Gasteiger partial charge in [0.1, 0.15) is 48.7 Å². The van der Waals surface area contributed by atoms with Crippen LogP contribution in [0.1, 0.15) is 48.5 Å². The fourth-order valence-electron chi connectivity index (χ4n) is 5.83. The van der Waals surface area contributed by atoms with E-state index < -0.39 is 20.1 Å². The number of nitrogens with zero attached hydrogens (tertiary/aromatic N) is 6. The molecule has 2 aromatic heterocycles. The van der Waals surface area contributed by atoms with Gasteiger partial charge in [-0.25, -0.2) is 30.0 Å². The third-order valence-electron chi connectivity index (χ3n) is 9.87. The Morgan fingerprint density at radius 3 is 1.58 bits per heavy atom. The third kappa shape index (κ3) is 10.0. The van der Waals surface area contributed by atoms with E-state index in [1.54, 1.807) is 6.07 Å². The first-order valence-electron chi connectivity index (χ1n) is 17.8. The number of alkyl halides is 2. The molecular weight excluding hydrogens is 739 g/mol. The van der Waals surface area contributed by atoms with Crippen molar-refractivity contribution >= 4 is 65.3 Å². The molecule has 52 heavy (non-hydrogen) atoms. The fourth-order valence-corrected chi connectivity index (χ4v) is 11.4. The van der Waals surface area contributed by atoms with Gasteiger partial charge in [0.2, 0.25) is 0 Å². The largest absolute Gasteiger partial charge is 0.492 e. The molecule has 0 spiro atoms. The van der Waals surface area contributed by atoms with Gasteiger partial charge in [0.05, 0.1) is 71.4 Å². The first-order valence-corrected chi connectivity index (χ1v) is 24.4. The molecule has 0 unspecified atom stereocenters. The zero-order valence-corrected chi connectivity index (χ0v) is 33.8. The molecule has 0 bridgehead atoms. The van der Waals surface area contributed by atoms with Gasteiger partial charge < -0.3 is 28.1 Å². The first-order chi connectivity index (χ1) is 25.0. The zero-order valence-electron chi connectivity index (χ0n) is 30.7. The van der Waals surface area contributed by atoms with Crippen LogP contribution in [0.5, 0.6) is 11.5 Å². The smallest absolute Gasteiger partial charge is 0.139 e. The molecule has 2 fully saturated rings. The summed E-state index contributed by atoms with van der Waals surface area (Å²) in [4.78, 5) is 9.40. The van der Waals surface area contributed by atoms with Crippen molar-refractivity contribution < 1.29 is 18.9 Å². The number of rotatable bonds is 21. The van der Waals surface area contributed by atoms with Crippen LogP contribution in [0.15, 0.2) is 24.3 Å². The van der Waals surface area contributed by atoms with E-state index in [1.165, 1.54) is 37.2 Å². The Morgan fingerprint density at radius 2 is 1.12 bits per heavy atom. The van der Waals surface area contributed by atoms with E-state index in [1.807, 2.05) is 27.3 Å². The maximum absolute atomic E-state index is 9.79. The molecule has 2 aliphatic carbocycles. The lowest BCUT2D eigenvalue weighted by atomic mass is 10.2. The molecule has 10 nitrogen and oxygen atoms in total. The van der Waals surface area contributed by atoms with Crippen LogP contribution >= 0.6 is 43.3 Å². The summed E-state index contributed by atoms with van der Waals surface area (Å²) >= 11 is 12.6. The summed E-state index contributed by atoms with van der Waals surface area (Å²) in [5.74, 6) is 8.64. The maximum Gasteiger partial charge on any atom is 0.139 e. The quantitative estimate of drug-likeness (QED) is 0.0617. The van der Waals surface area contributed by atoms with Crippen molar-refractivity contribution in [3.8, 4) is 23.6 Å². The minimum Gasteiger partial charge on any atom is -0.492 e. The molecule has 0 saturated heterocycles. The molecule has 0 amide bonds. The number of nitriles is 2. The van der Waals surface area contributed by atoms with Crippen molar-refractivity contribution in [1.82, 2.24) is 19.1 Å². The Morgan fingerprint density at radius 1 is 0.673 bits per heavy atom. The molecule has 0 N–H and O–H groups in total. The monoisotopic (exact) mass is 788 g/mol.